The molecule has 0 saturated carbocycles. The van der Waals surface area contributed by atoms with Gasteiger partial charge in [0.05, 0.1) is 22.1 Å². The summed E-state index contributed by atoms with van der Waals surface area (Å²) in [6, 6.07) is 7.62. The molecule has 0 aliphatic rings. The van der Waals surface area contributed by atoms with Crippen molar-refractivity contribution in [1.29, 1.82) is 0 Å². The summed E-state index contributed by atoms with van der Waals surface area (Å²) >= 11 is 3.50. The molecule has 1 aromatic carbocycles. The lowest BCUT2D eigenvalue weighted by Crippen LogP contribution is -2.19. The lowest BCUT2D eigenvalue weighted by molar-refractivity contribution is -0.118. The highest BCUT2D eigenvalue weighted by Crippen LogP contribution is 2.21. The van der Waals surface area contributed by atoms with Gasteiger partial charge in [0, 0.05) is 11.4 Å². The van der Waals surface area contributed by atoms with Crippen molar-refractivity contribution in [3.8, 4) is 5.75 Å². The maximum absolute atomic E-state index is 11.9. The van der Waals surface area contributed by atoms with Crippen LogP contribution in [0.4, 0.5) is 0 Å². The van der Waals surface area contributed by atoms with Crippen molar-refractivity contribution in [1.82, 2.24) is 15.4 Å². The van der Waals surface area contributed by atoms with Crippen LogP contribution in [0.25, 0.3) is 0 Å². The highest BCUT2D eigenvalue weighted by Gasteiger charge is 2.05. The molecule has 2 rings (SSSR count). The third-order valence-corrected chi connectivity index (χ3v) is 4.64. The van der Waals surface area contributed by atoms with Gasteiger partial charge in [0.15, 0.2) is 5.16 Å². The van der Waals surface area contributed by atoms with Gasteiger partial charge in [-0.25, -0.2) is 15.4 Å². The first-order chi connectivity index (χ1) is 12.0. The summed E-state index contributed by atoms with van der Waals surface area (Å²) in [5, 5.41) is 4.58. The van der Waals surface area contributed by atoms with Crippen LogP contribution in [0.2, 0.25) is 0 Å². The molecule has 1 N–H and O–H groups in total. The number of amides is 1. The standard InChI is InChI=1S/C17H19IN4O2S/c1-4-24-15-6-5-13(8-14(15)18)9-19-22-16(23)10-25-17-20-11(2)7-12(3)21-17/h5-9H,4,10H2,1-3H3,(H,22,23)/b19-9-. The third-order valence-electron chi connectivity index (χ3n) is 2.95. The summed E-state index contributed by atoms with van der Waals surface area (Å²) in [4.78, 5) is 20.4. The number of hydrogen-bond acceptors (Lipinski definition) is 6. The molecule has 8 heteroatoms. The maximum Gasteiger partial charge on any atom is 0.250 e. The topological polar surface area (TPSA) is 76.5 Å². The lowest BCUT2D eigenvalue weighted by Gasteiger charge is -2.06. The monoisotopic (exact) mass is 470 g/mol. The van der Waals surface area contributed by atoms with Crippen LogP contribution in [0.3, 0.4) is 0 Å². The summed E-state index contributed by atoms with van der Waals surface area (Å²) in [5.74, 6) is 0.847. The molecule has 0 atom stereocenters. The Balaban J connectivity index is 1.85. The van der Waals surface area contributed by atoms with E-state index in [1.165, 1.54) is 11.8 Å². The molecule has 0 bridgehead atoms. The summed E-state index contributed by atoms with van der Waals surface area (Å²) in [5.41, 5.74) is 5.17. The van der Waals surface area contributed by atoms with E-state index in [0.29, 0.717) is 11.8 Å². The van der Waals surface area contributed by atoms with Crippen LogP contribution in [-0.4, -0.2) is 34.4 Å². The maximum atomic E-state index is 11.9. The number of ether oxygens (including phenoxy) is 1. The number of aryl methyl sites for hydroxylation is 2. The van der Waals surface area contributed by atoms with Crippen LogP contribution >= 0.6 is 34.4 Å². The van der Waals surface area contributed by atoms with Crippen LogP contribution in [0.5, 0.6) is 5.75 Å². The molecule has 2 aromatic rings. The van der Waals surface area contributed by atoms with Crippen molar-refractivity contribution in [3.05, 3.63) is 44.8 Å². The Kier molecular flexibility index (Phi) is 7.63. The number of aromatic nitrogens is 2. The number of hydrogen-bond donors (Lipinski definition) is 1. The first-order valence-corrected chi connectivity index (χ1v) is 9.73. The minimum atomic E-state index is -0.204. The predicted molar refractivity (Wildman–Crippen MR) is 108 cm³/mol. The first kappa shape index (κ1) is 19.6. The molecule has 0 spiro atoms. The van der Waals surface area contributed by atoms with Crippen molar-refractivity contribution in [2.24, 2.45) is 5.10 Å². The van der Waals surface area contributed by atoms with Gasteiger partial charge in [0.25, 0.3) is 5.91 Å². The Morgan fingerprint density at radius 1 is 1.32 bits per heavy atom. The number of halogens is 1. The van der Waals surface area contributed by atoms with Crippen LogP contribution in [0.15, 0.2) is 34.5 Å². The molecule has 0 saturated heterocycles. The molecule has 0 unspecified atom stereocenters. The smallest absolute Gasteiger partial charge is 0.250 e. The van der Waals surface area contributed by atoms with Crippen LogP contribution in [0, 0.1) is 17.4 Å². The van der Waals surface area contributed by atoms with Crippen LogP contribution < -0.4 is 10.2 Å². The summed E-state index contributed by atoms with van der Waals surface area (Å²) < 4.78 is 6.49. The molecule has 0 fully saturated rings. The molecule has 25 heavy (non-hydrogen) atoms. The number of carbonyl (C=O) groups is 1. The average Bonchev–Trinajstić information content (AvgIpc) is 2.55. The molecule has 0 aliphatic carbocycles. The lowest BCUT2D eigenvalue weighted by atomic mass is 10.2. The Hall–Kier alpha value is -1.68. The highest BCUT2D eigenvalue weighted by atomic mass is 127. The van der Waals surface area contributed by atoms with Crippen molar-refractivity contribution < 1.29 is 9.53 Å². The van der Waals surface area contributed by atoms with E-state index >= 15 is 0 Å². The van der Waals surface area contributed by atoms with Gasteiger partial charge in [-0.3, -0.25) is 4.79 Å². The first-order valence-electron chi connectivity index (χ1n) is 7.67. The summed E-state index contributed by atoms with van der Waals surface area (Å²) in [6.45, 7) is 6.38. The second-order valence-electron chi connectivity index (χ2n) is 5.14. The highest BCUT2D eigenvalue weighted by molar-refractivity contribution is 14.1. The average molecular weight is 470 g/mol. The van der Waals surface area contributed by atoms with Gasteiger partial charge in [-0.15, -0.1) is 0 Å². The van der Waals surface area contributed by atoms with E-state index in [0.717, 1.165) is 26.3 Å². The van der Waals surface area contributed by atoms with Crippen molar-refractivity contribution in [2.45, 2.75) is 25.9 Å². The second kappa shape index (κ2) is 9.71. The quantitative estimate of drug-likeness (QED) is 0.221. The van der Waals surface area contributed by atoms with E-state index in [2.05, 4.69) is 43.1 Å². The van der Waals surface area contributed by atoms with E-state index in [1.54, 1.807) is 6.21 Å². The molecule has 0 aliphatic heterocycles. The minimum Gasteiger partial charge on any atom is -0.493 e. The molecule has 6 nitrogen and oxygen atoms in total. The molecule has 1 aromatic heterocycles. The molecule has 0 radical (unpaired) electrons. The Morgan fingerprint density at radius 2 is 2.04 bits per heavy atom. The van der Waals surface area contributed by atoms with Crippen molar-refractivity contribution >= 4 is 46.5 Å². The fourth-order valence-electron chi connectivity index (χ4n) is 1.97. The van der Waals surface area contributed by atoms with Gasteiger partial charge >= 0.3 is 0 Å². The molecule has 132 valence electrons. The Bertz CT molecular complexity index is 763. The number of nitrogens with one attached hydrogen (secondary N) is 1. The normalized spacial score (nSPS) is 10.9. The van der Waals surface area contributed by atoms with Gasteiger partial charge in [-0.05, 0) is 73.2 Å². The number of carbonyl (C=O) groups excluding carboxylic acids is 1. The zero-order valence-electron chi connectivity index (χ0n) is 14.2. The number of hydrazone groups is 1. The Labute approximate surface area is 165 Å². The van der Waals surface area contributed by atoms with E-state index in [9.17, 15) is 4.79 Å². The van der Waals surface area contributed by atoms with Gasteiger partial charge in [0.1, 0.15) is 5.75 Å². The minimum absolute atomic E-state index is 0.204. The van der Waals surface area contributed by atoms with Gasteiger partial charge < -0.3 is 4.74 Å². The fraction of sp³-hybridized carbons (Fsp3) is 0.294. The zero-order chi connectivity index (χ0) is 18.2. The summed E-state index contributed by atoms with van der Waals surface area (Å²) in [7, 11) is 0. The van der Waals surface area contributed by atoms with Crippen LogP contribution in [-0.2, 0) is 4.79 Å². The van der Waals surface area contributed by atoms with Crippen molar-refractivity contribution in [2.75, 3.05) is 12.4 Å². The van der Waals surface area contributed by atoms with Gasteiger partial charge in [0.2, 0.25) is 0 Å². The summed E-state index contributed by atoms with van der Waals surface area (Å²) in [6.07, 6.45) is 1.60. The number of benzene rings is 1. The molecule has 1 amide bonds. The predicted octanol–water partition coefficient (Wildman–Crippen LogP) is 3.34. The van der Waals surface area contributed by atoms with E-state index in [1.807, 2.05) is 45.0 Å². The second-order valence-corrected chi connectivity index (χ2v) is 7.24. The van der Waals surface area contributed by atoms with Gasteiger partial charge in [-0.1, -0.05) is 11.8 Å². The molecule has 1 heterocycles. The van der Waals surface area contributed by atoms with Gasteiger partial charge in [-0.2, -0.15) is 5.10 Å². The number of thioether (sulfide) groups is 1. The zero-order valence-corrected chi connectivity index (χ0v) is 17.2. The largest absolute Gasteiger partial charge is 0.493 e. The SMILES string of the molecule is CCOc1ccc(/C=N\NC(=O)CSc2nc(C)cc(C)n2)cc1I. The number of rotatable bonds is 7. The van der Waals surface area contributed by atoms with E-state index < -0.39 is 0 Å². The number of nitrogens with zero attached hydrogens (tertiary/aromatic N) is 3. The van der Waals surface area contributed by atoms with Crippen molar-refractivity contribution in [3.63, 3.8) is 0 Å². The Morgan fingerprint density at radius 3 is 2.68 bits per heavy atom. The fourth-order valence-corrected chi connectivity index (χ4v) is 3.41. The molecular weight excluding hydrogens is 451 g/mol. The van der Waals surface area contributed by atoms with E-state index in [-0.39, 0.29) is 11.7 Å². The molecular formula is C17H19IN4O2S. The third kappa shape index (κ3) is 6.62. The van der Waals surface area contributed by atoms with E-state index in [4.69, 9.17) is 4.74 Å². The van der Waals surface area contributed by atoms with Crippen LogP contribution in [0.1, 0.15) is 23.9 Å².